The van der Waals surface area contributed by atoms with Crippen molar-refractivity contribution in [1.29, 1.82) is 0 Å². The molecule has 104 valence electrons. The average molecular weight is 257 g/mol. The molecule has 0 unspecified atom stereocenters. The highest BCUT2D eigenvalue weighted by atomic mass is 16.5. The highest BCUT2D eigenvalue weighted by Crippen LogP contribution is 2.32. The van der Waals surface area contributed by atoms with Crippen molar-refractivity contribution in [2.24, 2.45) is 11.3 Å². The maximum Gasteiger partial charge on any atom is 0.310 e. The molecule has 0 aromatic rings. The zero-order chi connectivity index (χ0) is 13.8. The number of amides is 1. The zero-order valence-electron chi connectivity index (χ0n) is 11.4. The van der Waals surface area contributed by atoms with E-state index in [1.54, 1.807) is 13.8 Å². The van der Waals surface area contributed by atoms with Crippen LogP contribution in [0.4, 0.5) is 0 Å². The molecule has 18 heavy (non-hydrogen) atoms. The molecule has 0 atom stereocenters. The second-order valence-corrected chi connectivity index (χ2v) is 5.58. The molecule has 5 nitrogen and oxygen atoms in total. The molecule has 0 aromatic heterocycles. The number of carboxylic acid groups (broad SMARTS) is 1. The summed E-state index contributed by atoms with van der Waals surface area (Å²) in [6, 6.07) is 0. The standard InChI is InChI=1S/C13H23NO4/c1-4-18-10-5-9(6-10)7-11(15)14-8-13(2,3)12(16)17/h9-10H,4-8H2,1-3H3,(H,14,15)(H,16,17). The molecule has 1 amide bonds. The number of carbonyl (C=O) groups is 2. The zero-order valence-corrected chi connectivity index (χ0v) is 11.4. The smallest absolute Gasteiger partial charge is 0.310 e. The van der Waals surface area contributed by atoms with Crippen molar-refractivity contribution in [1.82, 2.24) is 5.32 Å². The molecule has 1 rings (SSSR count). The molecular formula is C13H23NO4. The Morgan fingerprint density at radius 2 is 2.00 bits per heavy atom. The molecule has 0 bridgehead atoms. The van der Waals surface area contributed by atoms with Crippen LogP contribution < -0.4 is 5.32 Å². The van der Waals surface area contributed by atoms with E-state index in [1.165, 1.54) is 0 Å². The Balaban J connectivity index is 2.18. The van der Waals surface area contributed by atoms with E-state index in [0.717, 1.165) is 19.4 Å². The lowest BCUT2D eigenvalue weighted by atomic mass is 9.80. The molecule has 0 spiro atoms. The Labute approximate surface area is 108 Å². The molecule has 1 aliphatic carbocycles. The molecule has 0 saturated heterocycles. The number of carboxylic acids is 1. The van der Waals surface area contributed by atoms with Gasteiger partial charge in [-0.05, 0) is 39.5 Å². The molecule has 2 N–H and O–H groups in total. The van der Waals surface area contributed by atoms with Gasteiger partial charge in [-0.2, -0.15) is 0 Å². The van der Waals surface area contributed by atoms with Crippen LogP contribution in [0.5, 0.6) is 0 Å². The van der Waals surface area contributed by atoms with E-state index in [0.29, 0.717) is 18.4 Å². The summed E-state index contributed by atoms with van der Waals surface area (Å²) in [5.41, 5.74) is -0.914. The first-order valence-electron chi connectivity index (χ1n) is 6.47. The fraction of sp³-hybridized carbons (Fsp3) is 0.846. The number of hydrogen-bond acceptors (Lipinski definition) is 3. The largest absolute Gasteiger partial charge is 0.481 e. The van der Waals surface area contributed by atoms with Crippen LogP contribution in [0.2, 0.25) is 0 Å². The van der Waals surface area contributed by atoms with Crippen LogP contribution in [0.25, 0.3) is 0 Å². The quantitative estimate of drug-likeness (QED) is 0.723. The third kappa shape index (κ3) is 4.29. The fourth-order valence-corrected chi connectivity index (χ4v) is 1.94. The van der Waals surface area contributed by atoms with Crippen molar-refractivity contribution in [3.8, 4) is 0 Å². The lowest BCUT2D eigenvalue weighted by molar-refractivity contribution is -0.146. The Kier molecular flexibility index (Phi) is 5.14. The van der Waals surface area contributed by atoms with E-state index in [9.17, 15) is 9.59 Å². The van der Waals surface area contributed by atoms with E-state index < -0.39 is 11.4 Å². The SMILES string of the molecule is CCOC1CC(CC(=O)NCC(C)(C)C(=O)O)C1. The van der Waals surface area contributed by atoms with Gasteiger partial charge >= 0.3 is 5.97 Å². The summed E-state index contributed by atoms with van der Waals surface area (Å²) in [6.45, 7) is 6.06. The van der Waals surface area contributed by atoms with Crippen LogP contribution in [-0.2, 0) is 14.3 Å². The molecule has 5 heteroatoms. The average Bonchev–Trinajstić information content (AvgIpc) is 2.23. The van der Waals surface area contributed by atoms with Crippen LogP contribution in [0.1, 0.15) is 40.0 Å². The maximum atomic E-state index is 11.6. The fourth-order valence-electron chi connectivity index (χ4n) is 1.94. The van der Waals surface area contributed by atoms with Crippen molar-refractivity contribution in [3.05, 3.63) is 0 Å². The van der Waals surface area contributed by atoms with Crippen molar-refractivity contribution >= 4 is 11.9 Å². The Hall–Kier alpha value is -1.10. The van der Waals surface area contributed by atoms with Crippen LogP contribution in [-0.4, -0.2) is 36.2 Å². The van der Waals surface area contributed by atoms with E-state index in [-0.39, 0.29) is 12.5 Å². The van der Waals surface area contributed by atoms with Crippen LogP contribution >= 0.6 is 0 Å². The topological polar surface area (TPSA) is 75.6 Å². The summed E-state index contributed by atoms with van der Waals surface area (Å²) in [6.07, 6.45) is 2.65. The summed E-state index contributed by atoms with van der Waals surface area (Å²) in [5.74, 6) is -0.582. The minimum Gasteiger partial charge on any atom is -0.481 e. The van der Waals surface area contributed by atoms with E-state index in [2.05, 4.69) is 5.32 Å². The normalized spacial score (nSPS) is 23.3. The lowest BCUT2D eigenvalue weighted by Gasteiger charge is -2.34. The Morgan fingerprint density at radius 3 is 2.50 bits per heavy atom. The monoisotopic (exact) mass is 257 g/mol. The maximum absolute atomic E-state index is 11.6. The van der Waals surface area contributed by atoms with E-state index in [1.807, 2.05) is 6.92 Å². The number of hydrogen-bond donors (Lipinski definition) is 2. The minimum atomic E-state index is -0.914. The Morgan fingerprint density at radius 1 is 1.39 bits per heavy atom. The summed E-state index contributed by atoms with van der Waals surface area (Å²) in [7, 11) is 0. The van der Waals surface area contributed by atoms with Gasteiger partial charge in [-0.1, -0.05) is 0 Å². The van der Waals surface area contributed by atoms with Crippen LogP contribution in [0.3, 0.4) is 0 Å². The van der Waals surface area contributed by atoms with Gasteiger partial charge in [0.05, 0.1) is 11.5 Å². The number of aliphatic carboxylic acids is 1. The first-order valence-corrected chi connectivity index (χ1v) is 6.47. The van der Waals surface area contributed by atoms with Gasteiger partial charge in [0, 0.05) is 19.6 Å². The van der Waals surface area contributed by atoms with Gasteiger partial charge in [0.2, 0.25) is 5.91 Å². The second kappa shape index (κ2) is 6.18. The third-order valence-corrected chi connectivity index (χ3v) is 3.38. The predicted octanol–water partition coefficient (Wildman–Crippen LogP) is 1.42. The number of nitrogens with one attached hydrogen (secondary N) is 1. The van der Waals surface area contributed by atoms with Gasteiger partial charge in [0.15, 0.2) is 0 Å². The highest BCUT2D eigenvalue weighted by Gasteiger charge is 2.32. The van der Waals surface area contributed by atoms with E-state index in [4.69, 9.17) is 9.84 Å². The molecule has 1 aliphatic rings. The highest BCUT2D eigenvalue weighted by molar-refractivity contribution is 5.78. The van der Waals surface area contributed by atoms with Gasteiger partial charge in [-0.15, -0.1) is 0 Å². The van der Waals surface area contributed by atoms with Crippen LogP contribution in [0.15, 0.2) is 0 Å². The summed E-state index contributed by atoms with van der Waals surface area (Å²) >= 11 is 0. The predicted molar refractivity (Wildman–Crippen MR) is 67.2 cm³/mol. The summed E-state index contributed by atoms with van der Waals surface area (Å²) < 4.78 is 5.43. The number of ether oxygens (including phenoxy) is 1. The van der Waals surface area contributed by atoms with Gasteiger partial charge in [-0.25, -0.2) is 0 Å². The van der Waals surface area contributed by atoms with Crippen molar-refractivity contribution < 1.29 is 19.4 Å². The number of carbonyl (C=O) groups excluding carboxylic acids is 1. The van der Waals surface area contributed by atoms with Crippen molar-refractivity contribution in [3.63, 3.8) is 0 Å². The van der Waals surface area contributed by atoms with Crippen molar-refractivity contribution in [2.45, 2.75) is 46.1 Å². The third-order valence-electron chi connectivity index (χ3n) is 3.38. The van der Waals surface area contributed by atoms with E-state index >= 15 is 0 Å². The molecule has 1 fully saturated rings. The molecule has 0 aliphatic heterocycles. The lowest BCUT2D eigenvalue weighted by Crippen LogP contribution is -2.41. The minimum absolute atomic E-state index is 0.0655. The van der Waals surface area contributed by atoms with Gasteiger partial charge in [0.25, 0.3) is 0 Å². The molecule has 0 radical (unpaired) electrons. The Bertz CT molecular complexity index is 308. The molecular weight excluding hydrogens is 234 g/mol. The summed E-state index contributed by atoms with van der Waals surface area (Å²) in [4.78, 5) is 22.5. The second-order valence-electron chi connectivity index (χ2n) is 5.58. The van der Waals surface area contributed by atoms with Gasteiger partial charge in [0.1, 0.15) is 0 Å². The molecule has 0 aromatic carbocycles. The first kappa shape index (κ1) is 15.0. The van der Waals surface area contributed by atoms with Crippen LogP contribution in [0, 0.1) is 11.3 Å². The number of rotatable bonds is 7. The molecule has 0 heterocycles. The van der Waals surface area contributed by atoms with Gasteiger partial charge < -0.3 is 15.2 Å². The van der Waals surface area contributed by atoms with Gasteiger partial charge in [-0.3, -0.25) is 9.59 Å². The summed E-state index contributed by atoms with van der Waals surface area (Å²) in [5, 5.41) is 11.6. The first-order chi connectivity index (χ1) is 8.35. The molecule has 1 saturated carbocycles. The van der Waals surface area contributed by atoms with Crippen molar-refractivity contribution in [2.75, 3.05) is 13.2 Å².